The molecule has 2 aliphatic heterocycles. The van der Waals surface area contributed by atoms with E-state index < -0.39 is 35.7 Å². The molecule has 5 fully saturated rings. The van der Waals surface area contributed by atoms with Gasteiger partial charge in [0.25, 0.3) is 0 Å². The summed E-state index contributed by atoms with van der Waals surface area (Å²) in [4.78, 5) is 18.3. The van der Waals surface area contributed by atoms with Crippen LogP contribution in [0.4, 0.5) is 0 Å². The first-order chi connectivity index (χ1) is 19.2. The average Bonchev–Trinajstić information content (AvgIpc) is 3.45. The van der Waals surface area contributed by atoms with E-state index in [0.717, 1.165) is 63.4 Å². The van der Waals surface area contributed by atoms with E-state index in [4.69, 9.17) is 14.3 Å². The highest BCUT2D eigenvalue weighted by atomic mass is 16.7. The number of cyclic esters (lactones) is 1. The SMILES string of the molecule is CC(C)(C)ON([C@H]1CC[C@@]2(C)[C@H](CC[C@@H]3[C@@H]2CC[C@]2(C)[C@@H](C4=CC(=O)OC4)CC[C@]32O)C1)[C@H]1OC[C@H](O)[C@@H](O)[C@@H]1O. The van der Waals surface area contributed by atoms with Crippen molar-refractivity contribution >= 4 is 5.97 Å². The fourth-order valence-electron chi connectivity index (χ4n) is 10.3. The normalized spacial score (nSPS) is 50.1. The minimum absolute atomic E-state index is 0.00517. The maximum atomic E-state index is 12.5. The summed E-state index contributed by atoms with van der Waals surface area (Å²) in [5.41, 5.74) is -0.351. The number of hydroxylamine groups is 2. The fraction of sp³-hybridized carbons (Fsp3) is 0.906. The van der Waals surface area contributed by atoms with Crippen molar-refractivity contribution in [2.45, 2.75) is 134 Å². The van der Waals surface area contributed by atoms with Crippen LogP contribution in [0.3, 0.4) is 0 Å². The molecule has 9 nitrogen and oxygen atoms in total. The predicted molar refractivity (Wildman–Crippen MR) is 150 cm³/mol. The molecular formula is C32H51NO8. The van der Waals surface area contributed by atoms with Gasteiger partial charge in [-0.15, -0.1) is 0 Å². The van der Waals surface area contributed by atoms with Crippen molar-refractivity contribution in [1.82, 2.24) is 5.06 Å². The van der Waals surface area contributed by atoms with Gasteiger partial charge in [0.05, 0.1) is 17.8 Å². The maximum Gasteiger partial charge on any atom is 0.331 e. The lowest BCUT2D eigenvalue weighted by molar-refractivity contribution is -0.361. The van der Waals surface area contributed by atoms with Crippen molar-refractivity contribution in [2.75, 3.05) is 13.2 Å². The van der Waals surface area contributed by atoms with Gasteiger partial charge in [-0.05, 0) is 113 Å². The molecule has 6 aliphatic rings. The van der Waals surface area contributed by atoms with Crippen LogP contribution in [0.5, 0.6) is 0 Å². The third kappa shape index (κ3) is 4.73. The summed E-state index contributed by atoms with van der Waals surface area (Å²) in [7, 11) is 0. The van der Waals surface area contributed by atoms with Gasteiger partial charge in [0.2, 0.25) is 0 Å². The fourth-order valence-corrected chi connectivity index (χ4v) is 10.3. The number of aliphatic hydroxyl groups is 4. The van der Waals surface area contributed by atoms with Gasteiger partial charge in [0, 0.05) is 17.5 Å². The molecule has 232 valence electrons. The van der Waals surface area contributed by atoms with Gasteiger partial charge in [-0.25, -0.2) is 4.79 Å². The number of fused-ring (bicyclic) bond motifs is 5. The Bertz CT molecular complexity index is 1060. The first-order valence-corrected chi connectivity index (χ1v) is 15.9. The van der Waals surface area contributed by atoms with E-state index in [0.29, 0.717) is 18.4 Å². The summed E-state index contributed by atoms with van der Waals surface area (Å²) >= 11 is 0. The smallest absolute Gasteiger partial charge is 0.331 e. The van der Waals surface area contributed by atoms with Crippen molar-refractivity contribution in [2.24, 2.45) is 34.5 Å². The van der Waals surface area contributed by atoms with Crippen LogP contribution >= 0.6 is 0 Å². The molecule has 0 unspecified atom stereocenters. The quantitative estimate of drug-likeness (QED) is 0.294. The number of aliphatic hydroxyl groups excluding tert-OH is 3. The van der Waals surface area contributed by atoms with Crippen molar-refractivity contribution in [3.8, 4) is 0 Å². The zero-order valence-corrected chi connectivity index (χ0v) is 25.4. The molecule has 0 aromatic rings. The van der Waals surface area contributed by atoms with Crippen LogP contribution in [-0.4, -0.2) is 86.5 Å². The average molecular weight is 578 g/mol. The van der Waals surface area contributed by atoms with Crippen LogP contribution in [0.2, 0.25) is 0 Å². The van der Waals surface area contributed by atoms with Crippen LogP contribution in [0.25, 0.3) is 0 Å². The zero-order valence-electron chi connectivity index (χ0n) is 25.4. The summed E-state index contributed by atoms with van der Waals surface area (Å²) < 4.78 is 11.2. The number of esters is 1. The van der Waals surface area contributed by atoms with Crippen LogP contribution in [-0.2, 0) is 19.1 Å². The molecule has 9 heteroatoms. The van der Waals surface area contributed by atoms with Crippen molar-refractivity contribution in [3.63, 3.8) is 0 Å². The Morgan fingerprint density at radius 2 is 1.73 bits per heavy atom. The van der Waals surface area contributed by atoms with E-state index >= 15 is 0 Å². The Labute approximate surface area is 244 Å². The summed E-state index contributed by atoms with van der Waals surface area (Å²) in [5.74, 6) is 1.06. The molecule has 0 aromatic carbocycles. The Hall–Kier alpha value is -1.07. The second-order valence-corrected chi connectivity index (χ2v) is 15.6. The van der Waals surface area contributed by atoms with E-state index in [-0.39, 0.29) is 41.3 Å². The van der Waals surface area contributed by atoms with Crippen molar-refractivity contribution < 1.29 is 39.5 Å². The number of ether oxygens (including phenoxy) is 2. The van der Waals surface area contributed by atoms with Crippen LogP contribution in [0, 0.1) is 34.5 Å². The number of nitrogens with zero attached hydrogens (tertiary/aromatic N) is 1. The van der Waals surface area contributed by atoms with Gasteiger partial charge in [0.1, 0.15) is 24.9 Å². The Balaban J connectivity index is 1.22. The molecule has 4 saturated carbocycles. The molecule has 1 saturated heterocycles. The third-order valence-electron chi connectivity index (χ3n) is 12.4. The molecule has 0 spiro atoms. The van der Waals surface area contributed by atoms with Crippen LogP contribution in [0.1, 0.15) is 92.4 Å². The molecule has 12 atom stereocenters. The molecule has 0 radical (unpaired) electrons. The highest BCUT2D eigenvalue weighted by molar-refractivity contribution is 5.85. The number of carbonyl (C=O) groups excluding carboxylic acids is 1. The second-order valence-electron chi connectivity index (χ2n) is 15.6. The molecule has 0 bridgehead atoms. The second kappa shape index (κ2) is 10.2. The summed E-state index contributed by atoms with van der Waals surface area (Å²) in [5, 5.41) is 45.7. The molecule has 6 rings (SSSR count). The largest absolute Gasteiger partial charge is 0.458 e. The molecule has 4 aliphatic carbocycles. The zero-order chi connectivity index (χ0) is 29.5. The summed E-state index contributed by atoms with van der Waals surface area (Å²) in [6.07, 6.45) is 5.60. The lowest BCUT2D eigenvalue weighted by atomic mass is 9.43. The van der Waals surface area contributed by atoms with Crippen molar-refractivity contribution in [3.05, 3.63) is 11.6 Å². The lowest BCUT2D eigenvalue weighted by Gasteiger charge is -2.64. The molecular weight excluding hydrogens is 526 g/mol. The number of hydrogen-bond acceptors (Lipinski definition) is 9. The highest BCUT2D eigenvalue weighted by Crippen LogP contribution is 2.70. The summed E-state index contributed by atoms with van der Waals surface area (Å²) in [6.45, 7) is 10.9. The van der Waals surface area contributed by atoms with Crippen LogP contribution < -0.4 is 0 Å². The Morgan fingerprint density at radius 1 is 0.976 bits per heavy atom. The van der Waals surface area contributed by atoms with Crippen molar-refractivity contribution in [1.29, 1.82) is 0 Å². The van der Waals surface area contributed by atoms with E-state index in [1.807, 2.05) is 20.8 Å². The van der Waals surface area contributed by atoms with Gasteiger partial charge >= 0.3 is 5.97 Å². The Kier molecular flexibility index (Phi) is 7.49. The first-order valence-electron chi connectivity index (χ1n) is 15.9. The minimum atomic E-state index is -1.29. The van der Waals surface area contributed by atoms with Gasteiger partial charge in [0.15, 0.2) is 6.23 Å². The van der Waals surface area contributed by atoms with Gasteiger partial charge in [-0.2, -0.15) is 5.06 Å². The third-order valence-corrected chi connectivity index (χ3v) is 12.4. The monoisotopic (exact) mass is 577 g/mol. The minimum Gasteiger partial charge on any atom is -0.458 e. The maximum absolute atomic E-state index is 12.5. The van der Waals surface area contributed by atoms with E-state index in [1.54, 1.807) is 11.1 Å². The van der Waals surface area contributed by atoms with Gasteiger partial charge in [-0.3, -0.25) is 4.84 Å². The van der Waals surface area contributed by atoms with Crippen LogP contribution in [0.15, 0.2) is 11.6 Å². The van der Waals surface area contributed by atoms with Gasteiger partial charge in [-0.1, -0.05) is 13.8 Å². The van der Waals surface area contributed by atoms with E-state index in [9.17, 15) is 25.2 Å². The molecule has 0 aromatic heterocycles. The number of rotatable bonds is 4. The summed E-state index contributed by atoms with van der Waals surface area (Å²) in [6, 6.07) is 0.00517. The predicted octanol–water partition coefficient (Wildman–Crippen LogP) is 3.08. The Morgan fingerprint density at radius 3 is 2.41 bits per heavy atom. The number of hydrogen-bond donors (Lipinski definition) is 4. The van der Waals surface area contributed by atoms with E-state index in [1.165, 1.54) is 0 Å². The molecule has 41 heavy (non-hydrogen) atoms. The first kappa shape index (κ1) is 30.0. The standard InChI is InChI=1S/C32H51NO8/c1-29(2,3)41-33(28-27(37)26(36)24(34)17-40-28)20-8-11-30(4)19(15-20)6-7-23-22(30)9-12-31(5)21(10-13-32(23,31)38)18-14-25(35)39-16-18/h14,19-24,26-28,34,36-38H,6-13,15-17H2,1-5H3/t19-,20+,21-,22+,23-,24+,26-,27+,28+,30+,31-,32+/m1/s1. The molecule has 2 heterocycles. The van der Waals surface area contributed by atoms with Gasteiger partial charge < -0.3 is 29.9 Å². The van der Waals surface area contributed by atoms with E-state index in [2.05, 4.69) is 13.8 Å². The lowest BCUT2D eigenvalue weighted by Crippen LogP contribution is -2.65. The molecule has 4 N–H and O–H groups in total. The number of carbonyl (C=O) groups is 1. The molecule has 0 amide bonds. The topological polar surface area (TPSA) is 129 Å². The highest BCUT2D eigenvalue weighted by Gasteiger charge is 2.68.